The summed E-state index contributed by atoms with van der Waals surface area (Å²) in [5.74, 6) is 0.512. The molecule has 34 heavy (non-hydrogen) atoms. The molecule has 8 nitrogen and oxygen atoms in total. The molecule has 1 unspecified atom stereocenters. The van der Waals surface area contributed by atoms with Crippen molar-refractivity contribution in [1.29, 1.82) is 0 Å². The summed E-state index contributed by atoms with van der Waals surface area (Å²) in [5, 5.41) is 3.41. The molecule has 1 saturated carbocycles. The lowest BCUT2D eigenvalue weighted by atomic mass is 9.92. The molecule has 0 spiro atoms. The smallest absolute Gasteiger partial charge is 0.329 e. The van der Waals surface area contributed by atoms with Crippen LogP contribution < -0.4 is 11.0 Å². The second kappa shape index (κ2) is 10.1. The lowest BCUT2D eigenvalue weighted by molar-refractivity contribution is -0.132. The molecule has 0 amide bonds. The van der Waals surface area contributed by atoms with E-state index >= 15 is 0 Å². The zero-order valence-electron chi connectivity index (χ0n) is 20.1. The molecule has 2 aromatic rings. The van der Waals surface area contributed by atoms with Crippen LogP contribution in [0.25, 0.3) is 11.0 Å². The molecule has 1 aliphatic carbocycles. The molecule has 1 N–H and O–H groups in total. The highest BCUT2D eigenvalue weighted by Crippen LogP contribution is 2.28. The number of ketones is 2. The third-order valence-corrected chi connectivity index (χ3v) is 7.89. The van der Waals surface area contributed by atoms with Crippen molar-refractivity contribution in [2.45, 2.75) is 63.6 Å². The minimum Gasteiger partial charge on any atom is -0.378 e. The molecule has 5 rings (SSSR count). The van der Waals surface area contributed by atoms with Crippen LogP contribution in [0.4, 0.5) is 0 Å². The van der Waals surface area contributed by atoms with Gasteiger partial charge in [0.2, 0.25) is 0 Å². The second-order valence-electron chi connectivity index (χ2n) is 10.2. The number of likely N-dealkylation sites (tertiary alicyclic amines) is 1. The van der Waals surface area contributed by atoms with Gasteiger partial charge in [-0.05, 0) is 62.7 Å². The van der Waals surface area contributed by atoms with E-state index in [1.807, 2.05) is 12.1 Å². The fraction of sp³-hybridized carbons (Fsp3) is 0.654. The Morgan fingerprint density at radius 1 is 1.03 bits per heavy atom. The lowest BCUT2D eigenvalue weighted by Crippen LogP contribution is -2.38. The zero-order valence-corrected chi connectivity index (χ0v) is 20.1. The number of nitrogens with one attached hydrogen (secondary N) is 1. The highest BCUT2D eigenvalue weighted by molar-refractivity contribution is 6.03. The van der Waals surface area contributed by atoms with E-state index < -0.39 is 6.04 Å². The van der Waals surface area contributed by atoms with Crippen molar-refractivity contribution >= 4 is 22.6 Å². The largest absolute Gasteiger partial charge is 0.378 e. The first-order chi connectivity index (χ1) is 16.5. The summed E-state index contributed by atoms with van der Waals surface area (Å²) >= 11 is 0. The standard InChI is InChI=1S/C26H36N4O4/c1-28-25-19(16-29-13-9-21(10-14-29)34-17-18-7-11-27-12-8-18)3-2-4-23(25)30(26(28)33)22-6-5-20(31)15-24(22)32/h2-4,18,21-22,27H,5-17H2,1H3. The van der Waals surface area contributed by atoms with Gasteiger partial charge >= 0.3 is 5.69 Å². The summed E-state index contributed by atoms with van der Waals surface area (Å²) in [5.41, 5.74) is 2.60. The van der Waals surface area contributed by atoms with E-state index in [9.17, 15) is 14.4 Å². The number of aromatic nitrogens is 2. The molecule has 3 heterocycles. The molecule has 3 aliphatic rings. The van der Waals surface area contributed by atoms with Crippen molar-refractivity contribution < 1.29 is 14.3 Å². The Morgan fingerprint density at radius 2 is 1.79 bits per heavy atom. The van der Waals surface area contributed by atoms with Crippen LogP contribution in [-0.2, 0) is 27.9 Å². The summed E-state index contributed by atoms with van der Waals surface area (Å²) in [6.45, 7) is 5.82. The summed E-state index contributed by atoms with van der Waals surface area (Å²) < 4.78 is 9.54. The Kier molecular flexibility index (Phi) is 6.99. The van der Waals surface area contributed by atoms with Gasteiger partial charge in [0.15, 0.2) is 5.78 Å². The number of ether oxygens (including phenoxy) is 1. The van der Waals surface area contributed by atoms with E-state index in [1.165, 1.54) is 12.8 Å². The molecule has 1 aromatic carbocycles. The minimum atomic E-state index is -0.544. The monoisotopic (exact) mass is 468 g/mol. The fourth-order valence-corrected chi connectivity index (χ4v) is 5.88. The topological polar surface area (TPSA) is 85.6 Å². The molecule has 0 bridgehead atoms. The fourth-order valence-electron chi connectivity index (χ4n) is 5.88. The molecule has 1 aromatic heterocycles. The van der Waals surface area contributed by atoms with Crippen LogP contribution >= 0.6 is 0 Å². The summed E-state index contributed by atoms with van der Waals surface area (Å²) in [4.78, 5) is 39.9. The van der Waals surface area contributed by atoms with Crippen molar-refractivity contribution in [2.24, 2.45) is 13.0 Å². The lowest BCUT2D eigenvalue weighted by Gasteiger charge is -2.33. The van der Waals surface area contributed by atoms with E-state index in [4.69, 9.17) is 4.74 Å². The van der Waals surface area contributed by atoms with Gasteiger partial charge in [-0.15, -0.1) is 0 Å². The average Bonchev–Trinajstić information content (AvgIpc) is 3.10. The van der Waals surface area contributed by atoms with Gasteiger partial charge in [-0.25, -0.2) is 4.79 Å². The van der Waals surface area contributed by atoms with Crippen LogP contribution in [-0.4, -0.2) is 64.5 Å². The van der Waals surface area contributed by atoms with Crippen LogP contribution in [0, 0.1) is 5.92 Å². The summed E-state index contributed by atoms with van der Waals surface area (Å²) in [6.07, 6.45) is 5.53. The number of imidazole rings is 1. The number of piperidine rings is 2. The maximum atomic E-state index is 13.2. The normalized spacial score (nSPS) is 23.7. The number of para-hydroxylation sites is 1. The van der Waals surface area contributed by atoms with Gasteiger partial charge in [-0.2, -0.15) is 0 Å². The number of rotatable bonds is 6. The van der Waals surface area contributed by atoms with E-state index in [-0.39, 0.29) is 23.7 Å². The van der Waals surface area contributed by atoms with Gasteiger partial charge < -0.3 is 10.1 Å². The Hall–Kier alpha value is -2.29. The van der Waals surface area contributed by atoms with E-state index in [2.05, 4.69) is 16.3 Å². The number of hydrogen-bond donors (Lipinski definition) is 1. The Balaban J connectivity index is 1.26. The first-order valence-corrected chi connectivity index (χ1v) is 12.8. The molecule has 1 atom stereocenters. The van der Waals surface area contributed by atoms with Gasteiger partial charge in [0.05, 0.1) is 29.6 Å². The summed E-state index contributed by atoms with van der Waals surface area (Å²) in [7, 11) is 1.78. The van der Waals surface area contributed by atoms with Gasteiger partial charge in [0.1, 0.15) is 5.78 Å². The Morgan fingerprint density at radius 3 is 2.53 bits per heavy atom. The zero-order chi connectivity index (χ0) is 23.7. The van der Waals surface area contributed by atoms with Crippen LogP contribution in [0.2, 0.25) is 0 Å². The van der Waals surface area contributed by atoms with Crippen LogP contribution in [0.3, 0.4) is 0 Å². The Labute approximate surface area is 200 Å². The molecule has 8 heteroatoms. The first-order valence-electron chi connectivity index (χ1n) is 12.8. The van der Waals surface area contributed by atoms with Gasteiger partial charge in [0.25, 0.3) is 0 Å². The third kappa shape index (κ3) is 4.76. The highest BCUT2D eigenvalue weighted by Gasteiger charge is 2.32. The molecular weight excluding hydrogens is 432 g/mol. The number of aryl methyl sites for hydroxylation is 1. The second-order valence-corrected chi connectivity index (χ2v) is 10.2. The van der Waals surface area contributed by atoms with Gasteiger partial charge in [0, 0.05) is 39.7 Å². The molecule has 0 radical (unpaired) electrons. The summed E-state index contributed by atoms with van der Waals surface area (Å²) in [6, 6.07) is 5.43. The Bertz CT molecular complexity index is 1110. The molecule has 184 valence electrons. The van der Waals surface area contributed by atoms with E-state index in [0.717, 1.165) is 68.8 Å². The van der Waals surface area contributed by atoms with Crippen molar-refractivity contribution in [3.8, 4) is 0 Å². The van der Waals surface area contributed by atoms with E-state index in [0.29, 0.717) is 24.9 Å². The van der Waals surface area contributed by atoms with Crippen molar-refractivity contribution in [2.75, 3.05) is 32.8 Å². The quantitative estimate of drug-likeness (QED) is 0.654. The third-order valence-electron chi connectivity index (χ3n) is 7.89. The number of carbonyl (C=O) groups is 2. The minimum absolute atomic E-state index is 0.0293. The van der Waals surface area contributed by atoms with Crippen LogP contribution in [0.15, 0.2) is 23.0 Å². The predicted molar refractivity (Wildman–Crippen MR) is 130 cm³/mol. The number of fused-ring (bicyclic) bond motifs is 1. The van der Waals surface area contributed by atoms with Gasteiger partial charge in [-0.1, -0.05) is 12.1 Å². The first kappa shape index (κ1) is 23.5. The van der Waals surface area contributed by atoms with Crippen molar-refractivity contribution in [1.82, 2.24) is 19.4 Å². The maximum Gasteiger partial charge on any atom is 0.329 e. The van der Waals surface area contributed by atoms with Crippen molar-refractivity contribution in [3.05, 3.63) is 34.2 Å². The molecule has 2 saturated heterocycles. The number of nitrogens with zero attached hydrogens (tertiary/aromatic N) is 3. The maximum absolute atomic E-state index is 13.2. The molecule has 3 fully saturated rings. The highest BCUT2D eigenvalue weighted by atomic mass is 16.5. The number of carbonyl (C=O) groups excluding carboxylic acids is 2. The molecular formula is C26H36N4O4. The molecule has 2 aliphatic heterocycles. The predicted octanol–water partition coefficient (Wildman–Crippen LogP) is 2.18. The average molecular weight is 469 g/mol. The number of Topliss-reactive ketones (excluding diaryl/α,β-unsaturated/α-hetero) is 2. The SMILES string of the molecule is Cn1c(=O)n(C2CCC(=O)CC2=O)c2cccc(CN3CCC(OCC4CCNCC4)CC3)c21. The van der Waals surface area contributed by atoms with E-state index in [1.54, 1.807) is 16.2 Å². The van der Waals surface area contributed by atoms with Gasteiger partial charge in [-0.3, -0.25) is 23.6 Å². The number of benzene rings is 1. The van der Waals surface area contributed by atoms with Crippen LogP contribution in [0.1, 0.15) is 56.6 Å². The van der Waals surface area contributed by atoms with Crippen LogP contribution in [0.5, 0.6) is 0 Å². The van der Waals surface area contributed by atoms with Crippen molar-refractivity contribution in [3.63, 3.8) is 0 Å². The number of hydrogen-bond acceptors (Lipinski definition) is 6.